The summed E-state index contributed by atoms with van der Waals surface area (Å²) < 4.78 is 26.5. The summed E-state index contributed by atoms with van der Waals surface area (Å²) in [5.41, 5.74) is 2.18. The number of pyridine rings is 1. The van der Waals surface area contributed by atoms with Gasteiger partial charge in [0.2, 0.25) is 0 Å². The molecule has 36 heavy (non-hydrogen) atoms. The first-order valence-electron chi connectivity index (χ1n) is 12.2. The fourth-order valence-electron chi connectivity index (χ4n) is 4.53. The second-order valence-electron chi connectivity index (χ2n) is 8.99. The quantitative estimate of drug-likeness (QED) is 0.363. The molecule has 0 unspecified atom stereocenters. The Morgan fingerprint density at radius 1 is 1.19 bits per heavy atom. The van der Waals surface area contributed by atoms with E-state index in [0.29, 0.717) is 44.2 Å². The zero-order valence-corrected chi connectivity index (χ0v) is 20.2. The van der Waals surface area contributed by atoms with E-state index in [2.05, 4.69) is 25.4 Å². The van der Waals surface area contributed by atoms with Crippen molar-refractivity contribution in [2.45, 2.75) is 45.5 Å². The van der Waals surface area contributed by atoms with Crippen LogP contribution in [-0.4, -0.2) is 56.0 Å². The second kappa shape index (κ2) is 11.0. The van der Waals surface area contributed by atoms with E-state index in [1.165, 1.54) is 12.1 Å². The van der Waals surface area contributed by atoms with E-state index in [0.717, 1.165) is 41.7 Å². The van der Waals surface area contributed by atoms with Gasteiger partial charge < -0.3 is 14.5 Å². The minimum atomic E-state index is -0.285. The van der Waals surface area contributed by atoms with Gasteiger partial charge in [-0.1, -0.05) is 12.1 Å². The fourth-order valence-corrected chi connectivity index (χ4v) is 4.53. The molecule has 9 nitrogen and oxygen atoms in total. The Kier molecular flexibility index (Phi) is 7.33. The van der Waals surface area contributed by atoms with E-state index in [1.54, 1.807) is 16.8 Å². The Balaban J connectivity index is 1.39. The third kappa shape index (κ3) is 5.77. The lowest BCUT2D eigenvalue weighted by Crippen LogP contribution is -2.34. The highest BCUT2D eigenvalue weighted by molar-refractivity contribution is 5.80. The van der Waals surface area contributed by atoms with Gasteiger partial charge in [0.25, 0.3) is 5.56 Å². The molecule has 1 aliphatic rings. The molecule has 1 N–H and O–H groups in total. The summed E-state index contributed by atoms with van der Waals surface area (Å²) in [6.45, 7) is 5.18. The number of hydrogen-bond acceptors (Lipinski definition) is 7. The topological polar surface area (TPSA) is 98.2 Å². The maximum absolute atomic E-state index is 13.3. The number of hydrogen-bond donors (Lipinski definition) is 1. The smallest absolute Gasteiger partial charge is 0.252 e. The molecule has 10 heteroatoms. The molecule has 0 radical (unpaired) electrons. The van der Waals surface area contributed by atoms with Crippen molar-refractivity contribution in [3.8, 4) is 5.75 Å². The Bertz CT molecular complexity index is 1360. The van der Waals surface area contributed by atoms with Crippen LogP contribution in [0.5, 0.6) is 5.75 Å². The highest BCUT2D eigenvalue weighted by Gasteiger charge is 2.22. The first-order chi connectivity index (χ1) is 17.6. The summed E-state index contributed by atoms with van der Waals surface area (Å²) in [6, 6.07) is 13.8. The number of tetrazole rings is 1. The fraction of sp³-hybridized carbons (Fsp3) is 0.385. The van der Waals surface area contributed by atoms with Gasteiger partial charge in [0.1, 0.15) is 11.6 Å². The SMILES string of the molecule is CCOc1ccc2[nH]c(=O)c(CN(Cc3nnnn3Cc3ccc(F)cc3)C[C@@H]3CCCO3)cc2c1. The van der Waals surface area contributed by atoms with Crippen molar-refractivity contribution >= 4 is 10.9 Å². The van der Waals surface area contributed by atoms with Gasteiger partial charge >= 0.3 is 0 Å². The number of H-pyrrole nitrogens is 1. The molecule has 1 atom stereocenters. The van der Waals surface area contributed by atoms with Crippen LogP contribution in [0.25, 0.3) is 10.9 Å². The zero-order valence-electron chi connectivity index (χ0n) is 20.2. The molecule has 1 saturated heterocycles. The van der Waals surface area contributed by atoms with E-state index < -0.39 is 0 Å². The van der Waals surface area contributed by atoms with E-state index in [9.17, 15) is 9.18 Å². The number of fused-ring (bicyclic) bond motifs is 1. The molecule has 2 aromatic heterocycles. The number of nitrogens with one attached hydrogen (secondary N) is 1. The first kappa shape index (κ1) is 24.1. The number of nitrogens with zero attached hydrogens (tertiary/aromatic N) is 5. The van der Waals surface area contributed by atoms with Crippen molar-refractivity contribution in [2.75, 3.05) is 19.8 Å². The van der Waals surface area contributed by atoms with E-state index >= 15 is 0 Å². The monoisotopic (exact) mass is 492 g/mol. The van der Waals surface area contributed by atoms with Crippen molar-refractivity contribution in [1.82, 2.24) is 30.1 Å². The average Bonchev–Trinajstić information content (AvgIpc) is 3.54. The Hall–Kier alpha value is -3.63. The molecule has 1 fully saturated rings. The number of aromatic nitrogens is 5. The van der Waals surface area contributed by atoms with Crippen LogP contribution in [0, 0.1) is 5.82 Å². The molecular weight excluding hydrogens is 463 g/mol. The van der Waals surface area contributed by atoms with Crippen LogP contribution in [0.3, 0.4) is 0 Å². The molecular formula is C26H29FN6O3. The predicted molar refractivity (Wildman–Crippen MR) is 132 cm³/mol. The van der Waals surface area contributed by atoms with Crippen LogP contribution >= 0.6 is 0 Å². The number of rotatable bonds is 10. The van der Waals surface area contributed by atoms with Crippen molar-refractivity contribution in [2.24, 2.45) is 0 Å². The standard InChI is InChI=1S/C26H29FN6O3/c1-2-35-22-9-10-24-19(13-22)12-20(26(34)28-24)15-32(16-23-4-3-11-36-23)17-25-29-30-31-33(25)14-18-5-7-21(27)8-6-18/h5-10,12-13,23H,2-4,11,14-17H2,1H3,(H,28,34)/t23-/m0/s1. The lowest BCUT2D eigenvalue weighted by molar-refractivity contribution is 0.0663. The van der Waals surface area contributed by atoms with Gasteiger partial charge in [-0.2, -0.15) is 0 Å². The summed E-state index contributed by atoms with van der Waals surface area (Å²) in [4.78, 5) is 18.1. The normalized spacial score (nSPS) is 15.7. The Labute approximate surface area is 207 Å². The third-order valence-corrected chi connectivity index (χ3v) is 6.30. The molecule has 188 valence electrons. The largest absolute Gasteiger partial charge is 0.494 e. The molecule has 0 aliphatic carbocycles. The molecule has 0 bridgehead atoms. The lowest BCUT2D eigenvalue weighted by Gasteiger charge is -2.24. The van der Waals surface area contributed by atoms with Crippen molar-refractivity contribution in [1.29, 1.82) is 0 Å². The summed E-state index contributed by atoms with van der Waals surface area (Å²) in [6.07, 6.45) is 2.09. The maximum Gasteiger partial charge on any atom is 0.252 e. The first-order valence-corrected chi connectivity index (χ1v) is 12.2. The van der Waals surface area contributed by atoms with E-state index in [4.69, 9.17) is 9.47 Å². The lowest BCUT2D eigenvalue weighted by atomic mass is 10.1. The van der Waals surface area contributed by atoms with Crippen LogP contribution in [0.15, 0.2) is 53.3 Å². The molecule has 5 rings (SSSR count). The van der Waals surface area contributed by atoms with Gasteiger partial charge in [0, 0.05) is 36.2 Å². The van der Waals surface area contributed by atoms with Crippen LogP contribution in [0.2, 0.25) is 0 Å². The number of halogens is 1. The number of aromatic amines is 1. The van der Waals surface area contributed by atoms with Crippen molar-refractivity contribution in [3.63, 3.8) is 0 Å². The average molecular weight is 493 g/mol. The molecule has 0 amide bonds. The van der Waals surface area contributed by atoms with Gasteiger partial charge in [-0.15, -0.1) is 5.10 Å². The van der Waals surface area contributed by atoms with E-state index in [-0.39, 0.29) is 17.5 Å². The van der Waals surface area contributed by atoms with Gasteiger partial charge in [0.05, 0.1) is 25.8 Å². The highest BCUT2D eigenvalue weighted by Crippen LogP contribution is 2.21. The van der Waals surface area contributed by atoms with Gasteiger partial charge in [-0.3, -0.25) is 9.69 Å². The van der Waals surface area contributed by atoms with Crippen molar-refractivity contribution < 1.29 is 13.9 Å². The Morgan fingerprint density at radius 3 is 2.83 bits per heavy atom. The van der Waals surface area contributed by atoms with Gasteiger partial charge in [0.15, 0.2) is 5.82 Å². The molecule has 0 saturated carbocycles. The molecule has 1 aliphatic heterocycles. The van der Waals surface area contributed by atoms with Gasteiger partial charge in [-0.05, 0) is 72.2 Å². The Morgan fingerprint density at radius 2 is 2.06 bits per heavy atom. The van der Waals surface area contributed by atoms with Crippen LogP contribution in [0.4, 0.5) is 4.39 Å². The number of ether oxygens (including phenoxy) is 2. The van der Waals surface area contributed by atoms with Crippen LogP contribution in [0.1, 0.15) is 36.7 Å². The van der Waals surface area contributed by atoms with E-state index in [1.807, 2.05) is 31.2 Å². The molecule has 3 heterocycles. The second-order valence-corrected chi connectivity index (χ2v) is 8.99. The van der Waals surface area contributed by atoms with Crippen LogP contribution in [-0.2, 0) is 24.4 Å². The summed E-state index contributed by atoms with van der Waals surface area (Å²) in [5, 5.41) is 13.1. The zero-order chi connectivity index (χ0) is 24.9. The van der Waals surface area contributed by atoms with Gasteiger partial charge in [-0.25, -0.2) is 9.07 Å². The van der Waals surface area contributed by atoms with Crippen LogP contribution < -0.4 is 10.3 Å². The molecule has 2 aromatic carbocycles. The minimum absolute atomic E-state index is 0.0931. The molecule has 4 aromatic rings. The predicted octanol–water partition coefficient (Wildman–Crippen LogP) is 3.28. The summed E-state index contributed by atoms with van der Waals surface area (Å²) in [7, 11) is 0. The summed E-state index contributed by atoms with van der Waals surface area (Å²) in [5.74, 6) is 1.14. The number of benzene rings is 2. The minimum Gasteiger partial charge on any atom is -0.494 e. The van der Waals surface area contributed by atoms with Crippen molar-refractivity contribution in [3.05, 3.63) is 81.7 Å². The highest BCUT2D eigenvalue weighted by atomic mass is 19.1. The third-order valence-electron chi connectivity index (χ3n) is 6.30. The molecule has 0 spiro atoms. The maximum atomic E-state index is 13.3. The summed E-state index contributed by atoms with van der Waals surface area (Å²) >= 11 is 0.